The van der Waals surface area contributed by atoms with Gasteiger partial charge in [-0.25, -0.2) is 8.78 Å². The van der Waals surface area contributed by atoms with Gasteiger partial charge in [-0.2, -0.15) is 10.1 Å². The van der Waals surface area contributed by atoms with E-state index in [4.69, 9.17) is 0 Å². The van der Waals surface area contributed by atoms with E-state index in [-0.39, 0.29) is 12.3 Å². The van der Waals surface area contributed by atoms with E-state index in [1.165, 1.54) is 11.3 Å². The second kappa shape index (κ2) is 5.14. The lowest BCUT2D eigenvalue weighted by Gasteiger charge is -2.29. The van der Waals surface area contributed by atoms with Crippen LogP contribution in [0.25, 0.3) is 0 Å². The zero-order valence-corrected chi connectivity index (χ0v) is 12.4. The number of rotatable bonds is 4. The summed E-state index contributed by atoms with van der Waals surface area (Å²) in [4.78, 5) is 13.4. The summed E-state index contributed by atoms with van der Waals surface area (Å²) in [5.41, 5.74) is -1.70. The first-order chi connectivity index (χ1) is 9.95. The van der Waals surface area contributed by atoms with E-state index in [1.807, 2.05) is 6.92 Å². The van der Waals surface area contributed by atoms with E-state index in [2.05, 4.69) is 5.10 Å². The highest BCUT2D eigenvalue weighted by molar-refractivity contribution is 7.10. The van der Waals surface area contributed by atoms with Crippen molar-refractivity contribution in [3.63, 3.8) is 0 Å². The lowest BCUT2D eigenvalue weighted by molar-refractivity contribution is -0.164. The van der Waals surface area contributed by atoms with Crippen LogP contribution in [0.4, 0.5) is 8.78 Å². The van der Waals surface area contributed by atoms with Gasteiger partial charge in [0, 0.05) is 22.4 Å². The van der Waals surface area contributed by atoms with E-state index in [9.17, 15) is 18.7 Å². The predicted octanol–water partition coefficient (Wildman–Crippen LogP) is 2.88. The summed E-state index contributed by atoms with van der Waals surface area (Å²) in [6.07, 6.45) is -0.762. The van der Waals surface area contributed by atoms with Gasteiger partial charge in [0.15, 0.2) is 0 Å². The average Bonchev–Trinajstić information content (AvgIpc) is 3.08. The van der Waals surface area contributed by atoms with Crippen molar-refractivity contribution in [2.45, 2.75) is 44.8 Å². The van der Waals surface area contributed by atoms with Gasteiger partial charge in [0.05, 0.1) is 5.56 Å². The number of hydrogen-bond acceptors (Lipinski definition) is 4. The van der Waals surface area contributed by atoms with Crippen molar-refractivity contribution in [1.82, 2.24) is 5.01 Å². The Morgan fingerprint density at radius 3 is 2.86 bits per heavy atom. The largest absolute Gasteiger partial charge is 0.364 e. The maximum Gasteiger partial charge on any atom is 0.287 e. The molecule has 3 rings (SSSR count). The second-order valence-corrected chi connectivity index (χ2v) is 6.49. The number of carbonyl (C=O) groups excluding carboxylic acids is 1. The Morgan fingerprint density at radius 1 is 1.62 bits per heavy atom. The summed E-state index contributed by atoms with van der Waals surface area (Å²) in [7, 11) is 0. The Balaban J connectivity index is 1.90. The molecule has 0 aromatic carbocycles. The number of carbonyl (C=O) groups is 1. The standard InChI is InChI=1S/C14H16F2N2O2S/c1-2-10-5-9(7-21-10)12(19)18-14(20,13(15)16)6-11(17-18)8-3-4-8/h5,7-8,13,20H,2-4,6H2,1H3. The van der Waals surface area contributed by atoms with Crippen molar-refractivity contribution in [1.29, 1.82) is 0 Å². The highest BCUT2D eigenvalue weighted by Crippen LogP contribution is 2.41. The van der Waals surface area contributed by atoms with Crippen molar-refractivity contribution in [2.75, 3.05) is 0 Å². The molecule has 1 N–H and O–H groups in total. The zero-order valence-electron chi connectivity index (χ0n) is 11.6. The molecule has 7 heteroatoms. The van der Waals surface area contributed by atoms with E-state index >= 15 is 0 Å². The van der Waals surface area contributed by atoms with Gasteiger partial charge in [-0.05, 0) is 31.2 Å². The van der Waals surface area contributed by atoms with Gasteiger partial charge >= 0.3 is 0 Å². The van der Waals surface area contributed by atoms with Crippen LogP contribution in [0, 0.1) is 5.92 Å². The predicted molar refractivity (Wildman–Crippen MR) is 75.6 cm³/mol. The van der Waals surface area contributed by atoms with Crippen LogP contribution in [-0.4, -0.2) is 33.9 Å². The van der Waals surface area contributed by atoms with Crippen molar-refractivity contribution < 1.29 is 18.7 Å². The molecule has 4 nitrogen and oxygen atoms in total. The monoisotopic (exact) mass is 314 g/mol. The number of hydrazone groups is 1. The van der Waals surface area contributed by atoms with E-state index in [1.54, 1.807) is 11.4 Å². The molecule has 0 saturated heterocycles. The van der Waals surface area contributed by atoms with Crippen molar-refractivity contribution in [3.8, 4) is 0 Å². The Kier molecular flexibility index (Phi) is 3.57. The zero-order chi connectivity index (χ0) is 15.2. The number of nitrogens with zero attached hydrogens (tertiary/aromatic N) is 2. The quantitative estimate of drug-likeness (QED) is 0.929. The van der Waals surface area contributed by atoms with Gasteiger partial charge in [-0.1, -0.05) is 6.92 Å². The third-order valence-corrected chi connectivity index (χ3v) is 4.96. The van der Waals surface area contributed by atoms with Crippen LogP contribution >= 0.6 is 11.3 Å². The van der Waals surface area contributed by atoms with E-state index < -0.39 is 18.1 Å². The number of thiophene rings is 1. The molecule has 0 radical (unpaired) electrons. The summed E-state index contributed by atoms with van der Waals surface area (Å²) >= 11 is 1.40. The first-order valence-corrected chi connectivity index (χ1v) is 7.83. The Bertz CT molecular complexity index is 598. The van der Waals surface area contributed by atoms with Gasteiger partial charge in [0.25, 0.3) is 12.3 Å². The smallest absolute Gasteiger partial charge is 0.287 e. The number of alkyl halides is 2. The summed E-state index contributed by atoms with van der Waals surface area (Å²) in [6, 6.07) is 1.67. The minimum Gasteiger partial charge on any atom is -0.364 e. The number of halogens is 2. The average molecular weight is 314 g/mol. The normalized spacial score (nSPS) is 25.6. The SMILES string of the molecule is CCc1cc(C(=O)N2N=C(C3CC3)CC2(O)C(F)F)cs1. The minimum atomic E-state index is -3.05. The Labute approximate surface area is 125 Å². The molecule has 114 valence electrons. The second-order valence-electron chi connectivity index (χ2n) is 5.49. The number of aliphatic hydroxyl groups is 1. The fraction of sp³-hybridized carbons (Fsp3) is 0.571. The molecule has 1 amide bonds. The molecule has 1 aliphatic carbocycles. The van der Waals surface area contributed by atoms with Gasteiger partial charge in [0.2, 0.25) is 5.72 Å². The van der Waals surface area contributed by atoms with Gasteiger partial charge < -0.3 is 5.11 Å². The Morgan fingerprint density at radius 2 is 2.33 bits per heavy atom. The fourth-order valence-electron chi connectivity index (χ4n) is 2.43. The highest BCUT2D eigenvalue weighted by Gasteiger charge is 2.54. The number of hydrogen-bond donors (Lipinski definition) is 1. The molecule has 1 unspecified atom stereocenters. The third-order valence-electron chi connectivity index (χ3n) is 3.88. The van der Waals surface area contributed by atoms with Crippen molar-refractivity contribution in [2.24, 2.45) is 11.0 Å². The molecule has 1 aromatic rings. The van der Waals surface area contributed by atoms with Gasteiger partial charge in [-0.15, -0.1) is 11.3 Å². The summed E-state index contributed by atoms with van der Waals surface area (Å²) < 4.78 is 26.5. The molecular weight excluding hydrogens is 298 g/mol. The first kappa shape index (κ1) is 14.6. The molecule has 1 aromatic heterocycles. The van der Waals surface area contributed by atoms with Crippen LogP contribution in [0.1, 0.15) is 41.4 Å². The number of aryl methyl sites for hydroxylation is 1. The lowest BCUT2D eigenvalue weighted by atomic mass is 10.0. The molecule has 1 fully saturated rings. The Hall–Kier alpha value is -1.34. The summed E-state index contributed by atoms with van der Waals surface area (Å²) in [5.74, 6) is -0.522. The van der Waals surface area contributed by atoms with Gasteiger partial charge in [-0.3, -0.25) is 4.79 Å². The van der Waals surface area contributed by atoms with Crippen LogP contribution in [0.15, 0.2) is 16.5 Å². The van der Waals surface area contributed by atoms with Crippen LogP contribution in [0.5, 0.6) is 0 Å². The molecule has 0 spiro atoms. The summed E-state index contributed by atoms with van der Waals surface area (Å²) in [6.45, 7) is 1.95. The molecule has 21 heavy (non-hydrogen) atoms. The molecule has 2 heterocycles. The summed E-state index contributed by atoms with van der Waals surface area (Å²) in [5, 5.41) is 16.4. The van der Waals surface area contributed by atoms with Crippen LogP contribution in [-0.2, 0) is 6.42 Å². The van der Waals surface area contributed by atoms with Crippen molar-refractivity contribution >= 4 is 23.0 Å². The molecule has 2 aliphatic rings. The van der Waals surface area contributed by atoms with Crippen LogP contribution < -0.4 is 0 Å². The molecular formula is C14H16F2N2O2S. The third kappa shape index (κ3) is 2.48. The van der Waals surface area contributed by atoms with Crippen LogP contribution in [0.2, 0.25) is 0 Å². The fourth-order valence-corrected chi connectivity index (χ4v) is 3.23. The minimum absolute atomic E-state index is 0.141. The van der Waals surface area contributed by atoms with E-state index in [0.29, 0.717) is 16.3 Å². The lowest BCUT2D eigenvalue weighted by Crippen LogP contribution is -2.51. The van der Waals surface area contributed by atoms with E-state index in [0.717, 1.165) is 24.1 Å². The molecule has 1 saturated carbocycles. The van der Waals surface area contributed by atoms with Gasteiger partial charge in [0.1, 0.15) is 0 Å². The van der Waals surface area contributed by atoms with Crippen LogP contribution in [0.3, 0.4) is 0 Å². The maximum absolute atomic E-state index is 13.3. The van der Waals surface area contributed by atoms with Crippen molar-refractivity contribution in [3.05, 3.63) is 21.9 Å². The maximum atomic E-state index is 13.3. The topological polar surface area (TPSA) is 52.9 Å². The highest BCUT2D eigenvalue weighted by atomic mass is 32.1. The molecule has 1 aliphatic heterocycles. The molecule has 0 bridgehead atoms. The number of amides is 1. The first-order valence-electron chi connectivity index (χ1n) is 6.95. The molecule has 1 atom stereocenters.